The van der Waals surface area contributed by atoms with Crippen LogP contribution in [0.4, 0.5) is 18.9 Å². The number of sulfonamides is 1. The maximum absolute atomic E-state index is 13.0. The van der Waals surface area contributed by atoms with Crippen molar-refractivity contribution in [2.24, 2.45) is 0 Å². The summed E-state index contributed by atoms with van der Waals surface area (Å²) < 4.78 is 72.2. The molecule has 4 rings (SSSR count). The first kappa shape index (κ1) is 21.9. The smallest absolute Gasteiger partial charge is 0.417 e. The first-order valence-corrected chi connectivity index (χ1v) is 11.0. The summed E-state index contributed by atoms with van der Waals surface area (Å²) in [7, 11) is -4.14. The van der Waals surface area contributed by atoms with Crippen molar-refractivity contribution in [3.63, 3.8) is 0 Å². The van der Waals surface area contributed by atoms with E-state index in [-0.39, 0.29) is 10.6 Å². The minimum Gasteiger partial charge on any atom is -0.436 e. The molecule has 3 aromatic carbocycles. The highest BCUT2D eigenvalue weighted by Crippen LogP contribution is 2.36. The fourth-order valence-electron chi connectivity index (χ4n) is 2.94. The lowest BCUT2D eigenvalue weighted by molar-refractivity contribution is -0.137. The van der Waals surface area contributed by atoms with Crippen molar-refractivity contribution in [2.75, 3.05) is 4.72 Å². The van der Waals surface area contributed by atoms with Gasteiger partial charge in [0.1, 0.15) is 0 Å². The van der Waals surface area contributed by atoms with Gasteiger partial charge in [0, 0.05) is 16.8 Å². The SMILES string of the molecule is O=S(=O)(Nc1ccc(Cl)c(C(F)(F)F)c1)c1ccc(-c2ncc(-c3ccccc3)o2)cc1. The molecule has 1 N–H and O–H groups in total. The minimum atomic E-state index is -4.71. The van der Waals surface area contributed by atoms with Gasteiger partial charge in [-0.2, -0.15) is 13.2 Å². The second kappa shape index (κ2) is 8.33. The normalized spacial score (nSPS) is 12.0. The molecule has 4 aromatic rings. The van der Waals surface area contributed by atoms with Crippen LogP contribution in [0.1, 0.15) is 5.56 Å². The third-order valence-corrected chi connectivity index (χ3v) is 6.23. The molecule has 0 aliphatic rings. The number of hydrogen-bond donors (Lipinski definition) is 1. The Labute approximate surface area is 186 Å². The van der Waals surface area contributed by atoms with Gasteiger partial charge in [-0.25, -0.2) is 13.4 Å². The molecule has 0 aliphatic heterocycles. The molecule has 0 bridgehead atoms. The number of rotatable bonds is 5. The lowest BCUT2D eigenvalue weighted by Crippen LogP contribution is -2.14. The Morgan fingerprint density at radius 3 is 2.25 bits per heavy atom. The Morgan fingerprint density at radius 1 is 0.906 bits per heavy atom. The van der Waals surface area contributed by atoms with Crippen molar-refractivity contribution in [1.29, 1.82) is 0 Å². The number of benzene rings is 3. The standard InChI is InChI=1S/C22H14ClF3N2O3S/c23-19-11-8-16(12-18(19)22(24,25)26)28-32(29,30)17-9-6-15(7-10-17)21-27-13-20(31-21)14-4-2-1-3-5-14/h1-13,28H. The number of nitrogens with zero attached hydrogens (tertiary/aromatic N) is 1. The van der Waals surface area contributed by atoms with E-state index in [0.29, 0.717) is 23.3 Å². The van der Waals surface area contributed by atoms with Crippen LogP contribution in [-0.4, -0.2) is 13.4 Å². The van der Waals surface area contributed by atoms with Crippen molar-refractivity contribution in [1.82, 2.24) is 4.98 Å². The van der Waals surface area contributed by atoms with E-state index in [0.717, 1.165) is 17.7 Å². The van der Waals surface area contributed by atoms with Gasteiger partial charge in [-0.1, -0.05) is 41.9 Å². The minimum absolute atomic E-state index is 0.139. The van der Waals surface area contributed by atoms with E-state index >= 15 is 0 Å². The van der Waals surface area contributed by atoms with Gasteiger partial charge in [-0.15, -0.1) is 0 Å². The van der Waals surface area contributed by atoms with Gasteiger partial charge in [0.2, 0.25) is 5.89 Å². The first-order valence-electron chi connectivity index (χ1n) is 9.15. The highest BCUT2D eigenvalue weighted by molar-refractivity contribution is 7.92. The zero-order chi connectivity index (χ0) is 22.9. The highest BCUT2D eigenvalue weighted by Gasteiger charge is 2.33. The molecule has 10 heteroatoms. The van der Waals surface area contributed by atoms with E-state index < -0.39 is 26.8 Å². The zero-order valence-electron chi connectivity index (χ0n) is 16.1. The molecule has 1 heterocycles. The molecule has 164 valence electrons. The number of anilines is 1. The molecular formula is C22H14ClF3N2O3S. The lowest BCUT2D eigenvalue weighted by Gasteiger charge is -2.13. The van der Waals surface area contributed by atoms with Crippen LogP contribution in [0.15, 0.2) is 88.3 Å². The molecule has 0 aliphatic carbocycles. The van der Waals surface area contributed by atoms with E-state index in [1.54, 1.807) is 6.20 Å². The average molecular weight is 479 g/mol. The predicted molar refractivity (Wildman–Crippen MR) is 115 cm³/mol. The van der Waals surface area contributed by atoms with Gasteiger partial charge in [0.15, 0.2) is 5.76 Å². The number of alkyl halides is 3. The van der Waals surface area contributed by atoms with Gasteiger partial charge >= 0.3 is 6.18 Å². The summed E-state index contributed by atoms with van der Waals surface area (Å²) in [5.74, 6) is 0.857. The Hall–Kier alpha value is -3.30. The van der Waals surface area contributed by atoms with E-state index in [1.807, 2.05) is 30.3 Å². The quantitative estimate of drug-likeness (QED) is 0.356. The Kier molecular flexibility index (Phi) is 5.70. The third kappa shape index (κ3) is 4.63. The summed E-state index contributed by atoms with van der Waals surface area (Å²) in [6.07, 6.45) is -3.15. The lowest BCUT2D eigenvalue weighted by atomic mass is 10.2. The van der Waals surface area contributed by atoms with Crippen LogP contribution in [0.25, 0.3) is 22.8 Å². The Bertz CT molecular complexity index is 1350. The van der Waals surface area contributed by atoms with Crippen molar-refractivity contribution in [3.8, 4) is 22.8 Å². The topological polar surface area (TPSA) is 72.2 Å². The van der Waals surface area contributed by atoms with E-state index in [1.165, 1.54) is 24.3 Å². The summed E-state index contributed by atoms with van der Waals surface area (Å²) >= 11 is 5.57. The highest BCUT2D eigenvalue weighted by atomic mass is 35.5. The second-order valence-electron chi connectivity index (χ2n) is 6.72. The molecule has 0 saturated carbocycles. The predicted octanol–water partition coefficient (Wildman–Crippen LogP) is 6.48. The fourth-order valence-corrected chi connectivity index (χ4v) is 4.21. The number of hydrogen-bond acceptors (Lipinski definition) is 4. The number of halogens is 4. The van der Waals surface area contributed by atoms with E-state index in [4.69, 9.17) is 16.0 Å². The van der Waals surface area contributed by atoms with Gasteiger partial charge in [-0.3, -0.25) is 4.72 Å². The summed E-state index contributed by atoms with van der Waals surface area (Å²) in [6.45, 7) is 0. The van der Waals surface area contributed by atoms with Crippen LogP contribution >= 0.6 is 11.6 Å². The molecule has 0 unspecified atom stereocenters. The summed E-state index contributed by atoms with van der Waals surface area (Å²) in [5, 5.41) is -0.523. The molecule has 0 spiro atoms. The molecule has 0 amide bonds. The number of aromatic nitrogens is 1. The van der Waals surface area contributed by atoms with E-state index in [9.17, 15) is 21.6 Å². The Balaban J connectivity index is 1.56. The maximum Gasteiger partial charge on any atom is 0.417 e. The van der Waals surface area contributed by atoms with Crippen molar-refractivity contribution in [3.05, 3.63) is 89.6 Å². The van der Waals surface area contributed by atoms with Gasteiger partial charge in [-0.05, 0) is 42.5 Å². The molecule has 0 saturated heterocycles. The largest absolute Gasteiger partial charge is 0.436 e. The van der Waals surface area contributed by atoms with Gasteiger partial charge < -0.3 is 4.42 Å². The molecular weight excluding hydrogens is 465 g/mol. The summed E-state index contributed by atoms with van der Waals surface area (Å²) in [4.78, 5) is 4.07. The van der Waals surface area contributed by atoms with Gasteiger partial charge in [0.25, 0.3) is 10.0 Å². The zero-order valence-corrected chi connectivity index (χ0v) is 17.7. The second-order valence-corrected chi connectivity index (χ2v) is 8.81. The van der Waals surface area contributed by atoms with Crippen LogP contribution in [-0.2, 0) is 16.2 Å². The first-order chi connectivity index (χ1) is 15.1. The van der Waals surface area contributed by atoms with Crippen LogP contribution in [0.5, 0.6) is 0 Å². The molecule has 0 fully saturated rings. The van der Waals surface area contributed by atoms with E-state index in [2.05, 4.69) is 9.71 Å². The van der Waals surface area contributed by atoms with Crippen LogP contribution in [0.2, 0.25) is 5.02 Å². The van der Waals surface area contributed by atoms with Crippen LogP contribution in [0.3, 0.4) is 0 Å². The fraction of sp³-hybridized carbons (Fsp3) is 0.0455. The number of oxazole rings is 1. The monoisotopic (exact) mass is 478 g/mol. The van der Waals surface area contributed by atoms with Crippen LogP contribution in [0, 0.1) is 0 Å². The maximum atomic E-state index is 13.0. The molecule has 32 heavy (non-hydrogen) atoms. The molecule has 0 atom stereocenters. The molecule has 1 aromatic heterocycles. The summed E-state index contributed by atoms with van der Waals surface area (Å²) in [6, 6.07) is 17.7. The van der Waals surface area contributed by atoms with Crippen molar-refractivity contribution >= 4 is 27.3 Å². The van der Waals surface area contributed by atoms with Gasteiger partial charge in [0.05, 0.1) is 21.7 Å². The molecule has 0 radical (unpaired) electrons. The van der Waals surface area contributed by atoms with Crippen LogP contribution < -0.4 is 4.72 Å². The number of nitrogens with one attached hydrogen (secondary N) is 1. The van der Waals surface area contributed by atoms with Crippen molar-refractivity contribution < 1.29 is 26.0 Å². The third-order valence-electron chi connectivity index (χ3n) is 4.50. The average Bonchev–Trinajstić information content (AvgIpc) is 3.25. The van der Waals surface area contributed by atoms with Crippen molar-refractivity contribution in [2.45, 2.75) is 11.1 Å². The molecule has 5 nitrogen and oxygen atoms in total. The summed E-state index contributed by atoms with van der Waals surface area (Å²) in [5.41, 5.74) is -0.00773. The Morgan fingerprint density at radius 2 is 1.59 bits per heavy atom.